The molecule has 1 aliphatic carbocycles. The Balaban J connectivity index is 1.43. The second kappa shape index (κ2) is 7.53. The topological polar surface area (TPSA) is 71.7 Å². The molecule has 2 aromatic rings. The molecule has 0 radical (unpaired) electrons. The summed E-state index contributed by atoms with van der Waals surface area (Å²) in [5.74, 6) is 1.04. The first-order valence-electron chi connectivity index (χ1n) is 8.37. The molecular weight excluding hydrogens is 306 g/mol. The molecule has 5 heteroatoms. The molecule has 2 N–H and O–H groups in total. The van der Waals surface area contributed by atoms with Crippen molar-refractivity contribution in [2.45, 2.75) is 44.8 Å². The maximum atomic E-state index is 12.0. The van der Waals surface area contributed by atoms with Gasteiger partial charge in [-0.3, -0.25) is 4.79 Å². The Bertz CT molecular complexity index is 681. The van der Waals surface area contributed by atoms with Crippen LogP contribution in [0.5, 0.6) is 5.75 Å². The van der Waals surface area contributed by atoms with Gasteiger partial charge in [-0.15, -0.1) is 0 Å². The molecule has 0 spiro atoms. The molecule has 0 saturated heterocycles. The zero-order valence-electron chi connectivity index (χ0n) is 13.8. The minimum Gasteiger partial charge on any atom is -0.484 e. The van der Waals surface area contributed by atoms with Crippen molar-refractivity contribution in [2.75, 3.05) is 6.61 Å². The molecule has 0 aliphatic heterocycles. The fraction of sp³-hybridized carbons (Fsp3) is 0.421. The third-order valence-corrected chi connectivity index (χ3v) is 4.30. The molecular formula is C19H23NO4. The lowest BCUT2D eigenvalue weighted by Gasteiger charge is -2.17. The third kappa shape index (κ3) is 4.17. The van der Waals surface area contributed by atoms with Crippen LogP contribution in [0.1, 0.15) is 42.8 Å². The number of ether oxygens (including phenoxy) is 1. The first kappa shape index (κ1) is 16.6. The number of nitrogens with one attached hydrogen (secondary N) is 1. The van der Waals surface area contributed by atoms with Gasteiger partial charge in [-0.1, -0.05) is 6.07 Å². The van der Waals surface area contributed by atoms with Crippen LogP contribution in [-0.2, 0) is 17.6 Å². The Hall–Kier alpha value is -2.27. The van der Waals surface area contributed by atoms with Gasteiger partial charge in [0, 0.05) is 12.5 Å². The van der Waals surface area contributed by atoms with Gasteiger partial charge in [0.2, 0.25) is 0 Å². The van der Waals surface area contributed by atoms with Gasteiger partial charge in [-0.2, -0.15) is 0 Å². The van der Waals surface area contributed by atoms with Crippen LogP contribution in [0, 0.1) is 0 Å². The van der Waals surface area contributed by atoms with Crippen molar-refractivity contribution in [3.8, 4) is 5.75 Å². The largest absolute Gasteiger partial charge is 0.484 e. The molecule has 3 rings (SSSR count). The fourth-order valence-electron chi connectivity index (χ4n) is 3.09. The van der Waals surface area contributed by atoms with Crippen LogP contribution in [0.4, 0.5) is 0 Å². The number of furan rings is 1. The highest BCUT2D eigenvalue weighted by Crippen LogP contribution is 2.26. The van der Waals surface area contributed by atoms with Crippen molar-refractivity contribution in [1.29, 1.82) is 0 Å². The van der Waals surface area contributed by atoms with Crippen molar-refractivity contribution in [2.24, 2.45) is 0 Å². The molecule has 1 aromatic heterocycles. The summed E-state index contributed by atoms with van der Waals surface area (Å²) in [5.41, 5.74) is 2.70. The van der Waals surface area contributed by atoms with E-state index in [1.165, 1.54) is 23.8 Å². The summed E-state index contributed by atoms with van der Waals surface area (Å²) in [6.45, 7) is 1.82. The van der Waals surface area contributed by atoms with Crippen molar-refractivity contribution < 1.29 is 19.1 Å². The number of rotatable bonds is 7. The van der Waals surface area contributed by atoms with Gasteiger partial charge in [0.1, 0.15) is 17.6 Å². The van der Waals surface area contributed by atoms with E-state index in [1.54, 1.807) is 12.1 Å². The minimum atomic E-state index is -0.729. The van der Waals surface area contributed by atoms with Crippen LogP contribution in [-0.4, -0.2) is 23.7 Å². The van der Waals surface area contributed by atoms with E-state index >= 15 is 0 Å². The monoisotopic (exact) mass is 329 g/mol. The lowest BCUT2D eigenvalue weighted by atomic mass is 10.1. The lowest BCUT2D eigenvalue weighted by molar-refractivity contribution is -0.123. The van der Waals surface area contributed by atoms with Crippen LogP contribution in [0.25, 0.3) is 0 Å². The first-order chi connectivity index (χ1) is 11.6. The number of hydrogen-bond donors (Lipinski definition) is 2. The van der Waals surface area contributed by atoms with E-state index in [-0.39, 0.29) is 18.6 Å². The Labute approximate surface area is 141 Å². The predicted octanol–water partition coefficient (Wildman–Crippen LogP) is 2.78. The molecule has 0 fully saturated rings. The number of aliphatic hydroxyl groups is 1. The summed E-state index contributed by atoms with van der Waals surface area (Å²) in [7, 11) is 0. The number of aryl methyl sites for hydroxylation is 2. The molecule has 0 saturated carbocycles. The number of carbonyl (C=O) groups is 1. The van der Waals surface area contributed by atoms with Crippen molar-refractivity contribution in [1.82, 2.24) is 5.32 Å². The Morgan fingerprint density at radius 3 is 2.96 bits per heavy atom. The SMILES string of the molecule is CC(CC(O)c1ccco1)NC(=O)COc1ccc2c(c1)CCC2. The van der Waals surface area contributed by atoms with Crippen LogP contribution >= 0.6 is 0 Å². The zero-order chi connectivity index (χ0) is 16.9. The molecule has 5 nitrogen and oxygen atoms in total. The number of hydrogen-bond acceptors (Lipinski definition) is 4. The highest BCUT2D eigenvalue weighted by atomic mass is 16.5. The molecule has 128 valence electrons. The van der Waals surface area contributed by atoms with Crippen molar-refractivity contribution in [3.05, 3.63) is 53.5 Å². The van der Waals surface area contributed by atoms with Gasteiger partial charge in [0.05, 0.1) is 6.26 Å². The Morgan fingerprint density at radius 2 is 2.17 bits per heavy atom. The minimum absolute atomic E-state index is 0.0278. The molecule has 2 atom stereocenters. The number of carbonyl (C=O) groups excluding carboxylic acids is 1. The van der Waals surface area contributed by atoms with Crippen LogP contribution in [0.2, 0.25) is 0 Å². The molecule has 1 aliphatic rings. The Kier molecular flexibility index (Phi) is 5.20. The maximum Gasteiger partial charge on any atom is 0.258 e. The molecule has 0 bridgehead atoms. The van der Waals surface area contributed by atoms with E-state index in [0.29, 0.717) is 12.2 Å². The summed E-state index contributed by atoms with van der Waals surface area (Å²) in [6, 6.07) is 9.29. The van der Waals surface area contributed by atoms with Gasteiger partial charge < -0.3 is 19.6 Å². The van der Waals surface area contributed by atoms with Crippen molar-refractivity contribution in [3.63, 3.8) is 0 Å². The Morgan fingerprint density at radius 1 is 1.33 bits per heavy atom. The smallest absolute Gasteiger partial charge is 0.258 e. The second-order valence-corrected chi connectivity index (χ2v) is 6.31. The zero-order valence-corrected chi connectivity index (χ0v) is 13.8. The summed E-state index contributed by atoms with van der Waals surface area (Å²) in [6.07, 6.45) is 4.58. The van der Waals surface area contributed by atoms with Crippen LogP contribution in [0.15, 0.2) is 41.0 Å². The average Bonchev–Trinajstić information content (AvgIpc) is 3.23. The number of aliphatic hydroxyl groups excluding tert-OH is 1. The van der Waals surface area contributed by atoms with E-state index in [4.69, 9.17) is 9.15 Å². The highest BCUT2D eigenvalue weighted by molar-refractivity contribution is 5.77. The molecule has 2 unspecified atom stereocenters. The normalized spacial score (nSPS) is 15.6. The second-order valence-electron chi connectivity index (χ2n) is 6.31. The van der Waals surface area contributed by atoms with Gasteiger partial charge in [0.15, 0.2) is 6.61 Å². The quantitative estimate of drug-likeness (QED) is 0.819. The summed E-state index contributed by atoms with van der Waals surface area (Å²) >= 11 is 0. The summed E-state index contributed by atoms with van der Waals surface area (Å²) < 4.78 is 10.7. The van der Waals surface area contributed by atoms with Crippen LogP contribution < -0.4 is 10.1 Å². The number of amides is 1. The standard InChI is InChI=1S/C19H23NO4/c1-13(10-17(21)18-6-3-9-23-18)20-19(22)12-24-16-8-7-14-4-2-5-15(14)11-16/h3,6-9,11,13,17,21H,2,4-5,10,12H2,1H3,(H,20,22). The molecule has 1 heterocycles. The first-order valence-corrected chi connectivity index (χ1v) is 8.37. The molecule has 1 amide bonds. The van der Waals surface area contributed by atoms with E-state index in [9.17, 15) is 9.90 Å². The van der Waals surface area contributed by atoms with Gasteiger partial charge in [0.25, 0.3) is 5.91 Å². The van der Waals surface area contributed by atoms with Gasteiger partial charge >= 0.3 is 0 Å². The lowest BCUT2D eigenvalue weighted by Crippen LogP contribution is -2.37. The van der Waals surface area contributed by atoms with E-state index < -0.39 is 6.10 Å². The molecule has 24 heavy (non-hydrogen) atoms. The summed E-state index contributed by atoms with van der Waals surface area (Å²) in [4.78, 5) is 12.0. The van der Waals surface area contributed by atoms with E-state index in [2.05, 4.69) is 11.4 Å². The van der Waals surface area contributed by atoms with Crippen molar-refractivity contribution >= 4 is 5.91 Å². The van der Waals surface area contributed by atoms with E-state index in [0.717, 1.165) is 18.6 Å². The molecule has 1 aromatic carbocycles. The predicted molar refractivity (Wildman–Crippen MR) is 89.9 cm³/mol. The van der Waals surface area contributed by atoms with Gasteiger partial charge in [-0.05, 0) is 61.6 Å². The fourth-order valence-corrected chi connectivity index (χ4v) is 3.09. The highest BCUT2D eigenvalue weighted by Gasteiger charge is 2.17. The average molecular weight is 329 g/mol. The van der Waals surface area contributed by atoms with Crippen LogP contribution in [0.3, 0.4) is 0 Å². The van der Waals surface area contributed by atoms with E-state index in [1.807, 2.05) is 19.1 Å². The summed E-state index contributed by atoms with van der Waals surface area (Å²) in [5, 5.41) is 12.8. The van der Waals surface area contributed by atoms with Gasteiger partial charge in [-0.25, -0.2) is 0 Å². The maximum absolute atomic E-state index is 12.0. The number of fused-ring (bicyclic) bond motifs is 1. The number of benzene rings is 1. The third-order valence-electron chi connectivity index (χ3n) is 4.30.